The van der Waals surface area contributed by atoms with Gasteiger partial charge in [0.15, 0.2) is 0 Å². The molecule has 0 amide bonds. The molecule has 0 aliphatic rings. The van der Waals surface area contributed by atoms with Gasteiger partial charge in [0, 0.05) is 11.8 Å². The van der Waals surface area contributed by atoms with E-state index in [1.807, 2.05) is 0 Å². The van der Waals surface area contributed by atoms with E-state index in [1.165, 1.54) is 12.1 Å². The SMILES string of the molecule is Cc1ccc(SC(F)(F)F)nn1. The fraction of sp³-hybridized carbons (Fsp3) is 0.333. The van der Waals surface area contributed by atoms with E-state index in [0.717, 1.165) is 0 Å². The number of nitrogens with zero attached hydrogens (tertiary/aromatic N) is 2. The summed E-state index contributed by atoms with van der Waals surface area (Å²) in [6.07, 6.45) is 0. The minimum atomic E-state index is -4.29. The van der Waals surface area contributed by atoms with Gasteiger partial charge in [0.05, 0.1) is 5.69 Å². The number of rotatable bonds is 1. The fourth-order valence-corrected chi connectivity index (χ4v) is 1.01. The first-order chi connectivity index (χ1) is 5.47. The number of halogens is 3. The van der Waals surface area contributed by atoms with Crippen LogP contribution in [-0.4, -0.2) is 15.7 Å². The van der Waals surface area contributed by atoms with Gasteiger partial charge in [0.2, 0.25) is 0 Å². The fourth-order valence-electron chi connectivity index (χ4n) is 0.560. The van der Waals surface area contributed by atoms with Crippen molar-refractivity contribution in [3.05, 3.63) is 17.8 Å². The van der Waals surface area contributed by atoms with Crippen LogP contribution < -0.4 is 0 Å². The molecule has 1 rings (SSSR count). The molecule has 0 aliphatic carbocycles. The lowest BCUT2D eigenvalue weighted by molar-refractivity contribution is -0.0329. The third-order valence-electron chi connectivity index (χ3n) is 0.994. The van der Waals surface area contributed by atoms with Crippen molar-refractivity contribution in [2.45, 2.75) is 17.5 Å². The van der Waals surface area contributed by atoms with Gasteiger partial charge >= 0.3 is 5.51 Å². The molecule has 6 heteroatoms. The molecule has 1 heterocycles. The molecule has 0 saturated heterocycles. The number of aryl methyl sites for hydroxylation is 1. The summed E-state index contributed by atoms with van der Waals surface area (Å²) in [6.45, 7) is 1.66. The highest BCUT2D eigenvalue weighted by Gasteiger charge is 2.30. The van der Waals surface area contributed by atoms with Crippen molar-refractivity contribution >= 4 is 11.8 Å². The third kappa shape index (κ3) is 3.08. The Morgan fingerprint density at radius 3 is 2.33 bits per heavy atom. The van der Waals surface area contributed by atoms with Gasteiger partial charge in [-0.25, -0.2) is 0 Å². The van der Waals surface area contributed by atoms with E-state index in [4.69, 9.17) is 0 Å². The second kappa shape index (κ2) is 3.30. The zero-order valence-corrected chi connectivity index (χ0v) is 6.91. The highest BCUT2D eigenvalue weighted by atomic mass is 32.2. The zero-order valence-electron chi connectivity index (χ0n) is 6.09. The Balaban J connectivity index is 2.71. The first-order valence-corrected chi connectivity index (χ1v) is 3.85. The van der Waals surface area contributed by atoms with Crippen molar-refractivity contribution in [2.24, 2.45) is 0 Å². The quantitative estimate of drug-likeness (QED) is 0.642. The van der Waals surface area contributed by atoms with Gasteiger partial charge in [-0.3, -0.25) is 0 Å². The van der Waals surface area contributed by atoms with Crippen molar-refractivity contribution in [3.8, 4) is 0 Å². The van der Waals surface area contributed by atoms with E-state index in [9.17, 15) is 13.2 Å². The number of aromatic nitrogens is 2. The highest BCUT2D eigenvalue weighted by Crippen LogP contribution is 2.35. The van der Waals surface area contributed by atoms with E-state index >= 15 is 0 Å². The molecule has 0 fully saturated rings. The summed E-state index contributed by atoms with van der Waals surface area (Å²) in [5.41, 5.74) is -3.69. The lowest BCUT2D eigenvalue weighted by atomic mass is 10.4. The summed E-state index contributed by atoms with van der Waals surface area (Å²) in [5, 5.41) is 6.72. The van der Waals surface area contributed by atoms with Crippen LogP contribution in [0.1, 0.15) is 5.69 Å². The molecule has 0 aliphatic heterocycles. The standard InChI is InChI=1S/C6H5F3N2S/c1-4-2-3-5(11-10-4)12-6(7,8)9/h2-3H,1H3. The van der Waals surface area contributed by atoms with E-state index in [-0.39, 0.29) is 16.8 Å². The number of hydrogen-bond acceptors (Lipinski definition) is 3. The van der Waals surface area contributed by atoms with Gasteiger partial charge in [-0.2, -0.15) is 18.3 Å². The van der Waals surface area contributed by atoms with Crippen LogP contribution in [-0.2, 0) is 0 Å². The predicted octanol–water partition coefficient (Wildman–Crippen LogP) is 2.40. The van der Waals surface area contributed by atoms with Crippen LogP contribution in [0.4, 0.5) is 13.2 Å². The van der Waals surface area contributed by atoms with Gasteiger partial charge in [-0.05, 0) is 19.1 Å². The maximum atomic E-state index is 11.7. The van der Waals surface area contributed by atoms with Crippen LogP contribution >= 0.6 is 11.8 Å². The van der Waals surface area contributed by atoms with E-state index in [0.29, 0.717) is 5.69 Å². The van der Waals surface area contributed by atoms with Crippen LogP contribution in [0.15, 0.2) is 17.2 Å². The Morgan fingerprint density at radius 2 is 1.92 bits per heavy atom. The Morgan fingerprint density at radius 1 is 1.25 bits per heavy atom. The highest BCUT2D eigenvalue weighted by molar-refractivity contribution is 8.00. The smallest absolute Gasteiger partial charge is 0.160 e. The average molecular weight is 194 g/mol. The van der Waals surface area contributed by atoms with Crippen LogP contribution in [0.5, 0.6) is 0 Å². The molecular weight excluding hydrogens is 189 g/mol. The molecule has 0 N–H and O–H groups in total. The van der Waals surface area contributed by atoms with Crippen LogP contribution in [0, 0.1) is 6.92 Å². The Labute approximate surface area is 71.2 Å². The molecule has 12 heavy (non-hydrogen) atoms. The molecule has 1 aromatic heterocycles. The molecule has 0 radical (unpaired) electrons. The maximum Gasteiger partial charge on any atom is 0.447 e. The zero-order chi connectivity index (χ0) is 9.19. The number of alkyl halides is 3. The Bertz CT molecular complexity index is 256. The van der Waals surface area contributed by atoms with Crippen molar-refractivity contribution in [1.29, 1.82) is 0 Å². The van der Waals surface area contributed by atoms with Crippen molar-refractivity contribution in [3.63, 3.8) is 0 Å². The summed E-state index contributed by atoms with van der Waals surface area (Å²) < 4.78 is 35.2. The Kier molecular flexibility index (Phi) is 2.56. The molecule has 2 nitrogen and oxygen atoms in total. The second-order valence-corrected chi connectivity index (χ2v) is 3.15. The molecule has 0 spiro atoms. The maximum absolute atomic E-state index is 11.7. The van der Waals surface area contributed by atoms with Crippen molar-refractivity contribution in [1.82, 2.24) is 10.2 Å². The average Bonchev–Trinajstić information content (AvgIpc) is 1.91. The monoisotopic (exact) mass is 194 g/mol. The topological polar surface area (TPSA) is 25.8 Å². The molecule has 0 saturated carbocycles. The van der Waals surface area contributed by atoms with Gasteiger partial charge in [0.1, 0.15) is 5.03 Å². The lowest BCUT2D eigenvalue weighted by Crippen LogP contribution is -2.01. The number of hydrogen-bond donors (Lipinski definition) is 0. The summed E-state index contributed by atoms with van der Waals surface area (Å²) in [6, 6.07) is 2.78. The Hall–Kier alpha value is -0.780. The number of thioether (sulfide) groups is 1. The molecule has 0 bridgehead atoms. The molecule has 66 valence electrons. The van der Waals surface area contributed by atoms with Gasteiger partial charge < -0.3 is 0 Å². The molecule has 0 unspecified atom stereocenters. The predicted molar refractivity (Wildman–Crippen MR) is 38.7 cm³/mol. The van der Waals surface area contributed by atoms with Crippen molar-refractivity contribution in [2.75, 3.05) is 0 Å². The largest absolute Gasteiger partial charge is 0.447 e. The molecule has 0 atom stereocenters. The normalized spacial score (nSPS) is 11.7. The van der Waals surface area contributed by atoms with Gasteiger partial charge in [-0.1, -0.05) is 0 Å². The van der Waals surface area contributed by atoms with E-state index < -0.39 is 5.51 Å². The lowest BCUT2D eigenvalue weighted by Gasteiger charge is -2.02. The van der Waals surface area contributed by atoms with Gasteiger partial charge in [-0.15, -0.1) is 5.10 Å². The first-order valence-electron chi connectivity index (χ1n) is 3.03. The van der Waals surface area contributed by atoms with Crippen LogP contribution in [0.2, 0.25) is 0 Å². The first kappa shape index (κ1) is 9.31. The van der Waals surface area contributed by atoms with Gasteiger partial charge in [0.25, 0.3) is 0 Å². The van der Waals surface area contributed by atoms with Crippen LogP contribution in [0.3, 0.4) is 0 Å². The molecule has 0 aromatic carbocycles. The summed E-state index contributed by atoms with van der Waals surface area (Å²) >= 11 is -0.264. The second-order valence-electron chi connectivity index (χ2n) is 2.06. The third-order valence-corrected chi connectivity index (χ3v) is 1.65. The summed E-state index contributed by atoms with van der Waals surface area (Å²) in [7, 11) is 0. The van der Waals surface area contributed by atoms with E-state index in [1.54, 1.807) is 6.92 Å². The summed E-state index contributed by atoms with van der Waals surface area (Å²) in [4.78, 5) is 0. The van der Waals surface area contributed by atoms with E-state index in [2.05, 4.69) is 10.2 Å². The van der Waals surface area contributed by atoms with Crippen LogP contribution in [0.25, 0.3) is 0 Å². The van der Waals surface area contributed by atoms with Crippen molar-refractivity contribution < 1.29 is 13.2 Å². The molecule has 1 aromatic rings. The minimum Gasteiger partial charge on any atom is -0.160 e. The molecular formula is C6H5F3N2S. The summed E-state index contributed by atoms with van der Waals surface area (Å²) in [5.74, 6) is 0. The minimum absolute atomic E-state index is 0.131.